The van der Waals surface area contributed by atoms with Crippen LogP contribution in [0, 0.1) is 11.3 Å². The molecule has 0 aromatic carbocycles. The smallest absolute Gasteiger partial charge is 0.280 e. The number of aromatic nitrogens is 1. The first-order chi connectivity index (χ1) is 7.13. The number of rotatable bonds is 3. The third-order valence-corrected chi connectivity index (χ3v) is 2.04. The zero-order valence-corrected chi connectivity index (χ0v) is 8.13. The van der Waals surface area contributed by atoms with Crippen molar-refractivity contribution in [2.24, 2.45) is 0 Å². The highest BCUT2D eigenvalue weighted by Gasteiger charge is 2.17. The van der Waals surface area contributed by atoms with E-state index >= 15 is 0 Å². The molecule has 6 heteroatoms. The molecule has 1 aromatic rings. The molecule has 0 spiro atoms. The summed E-state index contributed by atoms with van der Waals surface area (Å²) in [5.41, 5.74) is -0.827. The van der Waals surface area contributed by atoms with E-state index in [1.165, 1.54) is 0 Å². The van der Waals surface area contributed by atoms with Crippen molar-refractivity contribution in [2.45, 2.75) is 12.3 Å². The van der Waals surface area contributed by atoms with Gasteiger partial charge in [0.25, 0.3) is 6.43 Å². The van der Waals surface area contributed by atoms with Crippen molar-refractivity contribution in [1.29, 1.82) is 5.26 Å². The second-order valence-electron chi connectivity index (χ2n) is 2.63. The number of carbonyl (C=O) groups is 1. The first-order valence-corrected chi connectivity index (χ1v) is 4.40. The van der Waals surface area contributed by atoms with Gasteiger partial charge in [0.2, 0.25) is 0 Å². The molecule has 78 valence electrons. The lowest BCUT2D eigenvalue weighted by Gasteiger charge is -2.06. The van der Waals surface area contributed by atoms with Crippen molar-refractivity contribution < 1.29 is 13.6 Å². The number of nitrogens with zero attached hydrogens (tertiary/aromatic N) is 2. The molecule has 15 heavy (non-hydrogen) atoms. The summed E-state index contributed by atoms with van der Waals surface area (Å²) >= 11 is 5.43. The van der Waals surface area contributed by atoms with E-state index in [2.05, 4.69) is 4.98 Å². The van der Waals surface area contributed by atoms with Crippen LogP contribution in [0.3, 0.4) is 0 Å². The SMILES string of the molecule is N#Cc1nc(C(F)F)c(CCl)cc1C=O. The van der Waals surface area contributed by atoms with Gasteiger partial charge in [0.05, 0.1) is 5.56 Å². The summed E-state index contributed by atoms with van der Waals surface area (Å²) in [6.45, 7) is 0. The van der Waals surface area contributed by atoms with Crippen LogP contribution < -0.4 is 0 Å². The van der Waals surface area contributed by atoms with Crippen molar-refractivity contribution in [3.63, 3.8) is 0 Å². The first kappa shape index (κ1) is 11.5. The van der Waals surface area contributed by atoms with Gasteiger partial charge in [-0.25, -0.2) is 13.8 Å². The maximum atomic E-state index is 12.4. The Bertz CT molecular complexity index is 429. The summed E-state index contributed by atoms with van der Waals surface area (Å²) in [5, 5.41) is 8.57. The van der Waals surface area contributed by atoms with E-state index in [-0.39, 0.29) is 22.7 Å². The van der Waals surface area contributed by atoms with Gasteiger partial charge in [-0.15, -0.1) is 11.6 Å². The number of aldehydes is 1. The van der Waals surface area contributed by atoms with Gasteiger partial charge in [-0.1, -0.05) is 0 Å². The Labute approximate surface area is 89.3 Å². The lowest BCUT2D eigenvalue weighted by molar-refractivity contribution is 0.112. The molecular formula is C9H5ClF2N2O. The molecule has 1 rings (SSSR count). The van der Waals surface area contributed by atoms with Crippen LogP contribution in [-0.4, -0.2) is 11.3 Å². The number of pyridine rings is 1. The summed E-state index contributed by atoms with van der Waals surface area (Å²) in [6.07, 6.45) is -2.43. The van der Waals surface area contributed by atoms with Crippen LogP contribution in [-0.2, 0) is 5.88 Å². The van der Waals surface area contributed by atoms with Gasteiger partial charge in [-0.05, 0) is 11.6 Å². The molecule has 0 bridgehead atoms. The van der Waals surface area contributed by atoms with Crippen molar-refractivity contribution in [3.05, 3.63) is 28.6 Å². The van der Waals surface area contributed by atoms with Crippen molar-refractivity contribution in [2.75, 3.05) is 0 Å². The van der Waals surface area contributed by atoms with Gasteiger partial charge in [0, 0.05) is 5.88 Å². The average Bonchev–Trinajstić information content (AvgIpc) is 2.26. The van der Waals surface area contributed by atoms with Gasteiger partial charge in [0.15, 0.2) is 12.0 Å². The Hall–Kier alpha value is -1.54. The minimum absolute atomic E-state index is 0.0300. The molecule has 0 saturated heterocycles. The Morgan fingerprint density at radius 1 is 1.67 bits per heavy atom. The molecule has 1 aromatic heterocycles. The van der Waals surface area contributed by atoms with Crippen LogP contribution in [0.5, 0.6) is 0 Å². The van der Waals surface area contributed by atoms with Gasteiger partial charge < -0.3 is 0 Å². The topological polar surface area (TPSA) is 53.8 Å². The molecule has 0 fully saturated rings. The predicted molar refractivity (Wildman–Crippen MR) is 48.9 cm³/mol. The fraction of sp³-hybridized carbons (Fsp3) is 0.222. The van der Waals surface area contributed by atoms with Crippen molar-refractivity contribution in [1.82, 2.24) is 4.98 Å². The number of carbonyl (C=O) groups excluding carboxylic acids is 1. The van der Waals surface area contributed by atoms with E-state index in [1.54, 1.807) is 6.07 Å². The van der Waals surface area contributed by atoms with Crippen molar-refractivity contribution >= 4 is 17.9 Å². The zero-order valence-electron chi connectivity index (χ0n) is 7.38. The van der Waals surface area contributed by atoms with E-state index < -0.39 is 12.1 Å². The maximum absolute atomic E-state index is 12.4. The third kappa shape index (κ3) is 2.28. The third-order valence-electron chi connectivity index (χ3n) is 1.75. The number of nitriles is 1. The molecule has 0 aliphatic heterocycles. The van der Waals surface area contributed by atoms with E-state index in [4.69, 9.17) is 16.9 Å². The minimum Gasteiger partial charge on any atom is -0.298 e. The number of alkyl halides is 3. The van der Waals surface area contributed by atoms with E-state index in [0.29, 0.717) is 6.29 Å². The standard InChI is InChI=1S/C9H5ClF2N2O/c10-2-5-1-6(4-15)7(3-13)14-8(5)9(11)12/h1,4,9H,2H2. The molecule has 0 aliphatic rings. The van der Waals surface area contributed by atoms with Crippen LogP contribution in [0.25, 0.3) is 0 Å². The Balaban J connectivity index is 3.42. The molecule has 0 atom stereocenters. The van der Waals surface area contributed by atoms with Gasteiger partial charge in [-0.2, -0.15) is 5.26 Å². The van der Waals surface area contributed by atoms with Crippen LogP contribution >= 0.6 is 11.6 Å². The molecule has 1 heterocycles. The summed E-state index contributed by atoms with van der Waals surface area (Å²) in [4.78, 5) is 13.9. The zero-order chi connectivity index (χ0) is 11.4. The molecule has 0 saturated carbocycles. The number of halogens is 3. The minimum atomic E-state index is -2.81. The van der Waals surface area contributed by atoms with E-state index in [1.807, 2.05) is 0 Å². The van der Waals surface area contributed by atoms with Crippen LogP contribution in [0.4, 0.5) is 8.78 Å². The lowest BCUT2D eigenvalue weighted by Crippen LogP contribution is -2.03. The van der Waals surface area contributed by atoms with Gasteiger partial charge in [0.1, 0.15) is 11.8 Å². The van der Waals surface area contributed by atoms with Gasteiger partial charge in [-0.3, -0.25) is 4.79 Å². The quantitative estimate of drug-likeness (QED) is 0.592. The Kier molecular flexibility index (Phi) is 3.69. The number of hydrogen-bond donors (Lipinski definition) is 0. The molecular weight excluding hydrogens is 226 g/mol. The second kappa shape index (κ2) is 4.80. The fourth-order valence-electron chi connectivity index (χ4n) is 1.06. The highest BCUT2D eigenvalue weighted by atomic mass is 35.5. The normalized spacial score (nSPS) is 10.1. The summed E-state index contributed by atoms with van der Waals surface area (Å²) in [5.74, 6) is -0.181. The second-order valence-corrected chi connectivity index (χ2v) is 2.90. The molecule has 0 N–H and O–H groups in total. The van der Waals surface area contributed by atoms with Crippen LogP contribution in [0.15, 0.2) is 6.07 Å². The highest BCUT2D eigenvalue weighted by Crippen LogP contribution is 2.23. The average molecular weight is 231 g/mol. The van der Waals surface area contributed by atoms with E-state index in [0.717, 1.165) is 6.07 Å². The highest BCUT2D eigenvalue weighted by molar-refractivity contribution is 6.17. The maximum Gasteiger partial charge on any atom is 0.280 e. The summed E-state index contributed by atoms with van der Waals surface area (Å²) in [7, 11) is 0. The predicted octanol–water partition coefficient (Wildman–Crippen LogP) is 2.44. The monoisotopic (exact) mass is 230 g/mol. The molecule has 0 radical (unpaired) electrons. The molecule has 0 unspecified atom stereocenters. The Morgan fingerprint density at radius 2 is 2.33 bits per heavy atom. The van der Waals surface area contributed by atoms with Crippen molar-refractivity contribution in [3.8, 4) is 6.07 Å². The summed E-state index contributed by atoms with van der Waals surface area (Å²) in [6, 6.07) is 2.73. The van der Waals surface area contributed by atoms with E-state index in [9.17, 15) is 13.6 Å². The van der Waals surface area contributed by atoms with Gasteiger partial charge >= 0.3 is 0 Å². The lowest BCUT2D eigenvalue weighted by atomic mass is 10.1. The molecule has 0 aliphatic carbocycles. The summed E-state index contributed by atoms with van der Waals surface area (Å²) < 4.78 is 24.9. The Morgan fingerprint density at radius 3 is 2.73 bits per heavy atom. The first-order valence-electron chi connectivity index (χ1n) is 3.87. The fourth-order valence-corrected chi connectivity index (χ4v) is 1.28. The van der Waals surface area contributed by atoms with Crippen LogP contribution in [0.1, 0.15) is 33.7 Å². The largest absolute Gasteiger partial charge is 0.298 e. The molecule has 0 amide bonds. The molecule has 3 nitrogen and oxygen atoms in total. The van der Waals surface area contributed by atoms with Crippen LogP contribution in [0.2, 0.25) is 0 Å². The number of hydrogen-bond acceptors (Lipinski definition) is 3.